The summed E-state index contributed by atoms with van der Waals surface area (Å²) in [6, 6.07) is 15.6. The number of fused-ring (bicyclic) bond motifs is 2. The quantitative estimate of drug-likeness (QED) is 0.184. The third kappa shape index (κ3) is 7.79. The maximum atomic E-state index is 6.00. The monoisotopic (exact) mass is 580 g/mol. The van der Waals surface area contributed by atoms with Gasteiger partial charge < -0.3 is 19.5 Å². The van der Waals surface area contributed by atoms with Crippen LogP contribution in [0.2, 0.25) is 0 Å². The Morgan fingerprint density at radius 3 is 1.78 bits per heavy atom. The average molecular weight is 582 g/mol. The summed E-state index contributed by atoms with van der Waals surface area (Å²) in [5.74, 6) is 0.625. The van der Waals surface area contributed by atoms with Crippen molar-refractivity contribution >= 4 is 79.5 Å². The minimum Gasteiger partial charge on any atom is -0.464 e. The predicted molar refractivity (Wildman–Crippen MR) is 161 cm³/mol. The Kier molecular flexibility index (Phi) is 11.0. The molecule has 8 heteroatoms. The lowest BCUT2D eigenvalue weighted by atomic mass is 9.97. The van der Waals surface area contributed by atoms with Crippen molar-refractivity contribution in [3.05, 3.63) is 85.3 Å². The number of nitrogens with one attached hydrogen (secondary N) is 2. The first-order chi connectivity index (χ1) is 17.7. The molecular formula is C29H32Cl4N2O2. The van der Waals surface area contributed by atoms with Crippen molar-refractivity contribution < 1.29 is 8.83 Å². The molecule has 2 atom stereocenters. The van der Waals surface area contributed by atoms with Gasteiger partial charge in [0.05, 0.1) is 18.6 Å². The van der Waals surface area contributed by atoms with E-state index in [1.165, 1.54) is 0 Å². The summed E-state index contributed by atoms with van der Waals surface area (Å²) in [5.41, 5.74) is 5.47. The van der Waals surface area contributed by atoms with E-state index in [4.69, 9.17) is 55.2 Å². The van der Waals surface area contributed by atoms with Crippen molar-refractivity contribution in [2.75, 3.05) is 19.0 Å². The van der Waals surface area contributed by atoms with Crippen LogP contribution < -0.4 is 10.6 Å². The molecule has 4 nitrogen and oxygen atoms in total. The minimum atomic E-state index is -1.45. The average Bonchev–Trinajstić information content (AvgIpc) is 3.54. The van der Waals surface area contributed by atoms with Gasteiger partial charge in [0.1, 0.15) is 11.2 Å². The molecule has 37 heavy (non-hydrogen) atoms. The van der Waals surface area contributed by atoms with E-state index in [9.17, 15) is 0 Å². The Morgan fingerprint density at radius 1 is 0.811 bits per heavy atom. The van der Waals surface area contributed by atoms with Crippen LogP contribution in [-0.4, -0.2) is 34.8 Å². The van der Waals surface area contributed by atoms with Crippen LogP contribution in [0.1, 0.15) is 31.4 Å². The number of hydrogen-bond donors (Lipinski definition) is 2. The summed E-state index contributed by atoms with van der Waals surface area (Å²) >= 11 is 23.9. The van der Waals surface area contributed by atoms with Crippen molar-refractivity contribution in [3.63, 3.8) is 0 Å². The molecule has 0 radical (unpaired) electrons. The highest BCUT2D eigenvalue weighted by Crippen LogP contribution is 2.37. The third-order valence-electron chi connectivity index (χ3n) is 6.01. The number of likely N-dealkylation sites (N-methyl/N-ethyl adjacent to an activating group) is 2. The molecule has 0 saturated carbocycles. The van der Waals surface area contributed by atoms with Crippen LogP contribution in [0.4, 0.5) is 0 Å². The molecule has 4 rings (SSSR count). The fourth-order valence-corrected chi connectivity index (χ4v) is 4.92. The summed E-state index contributed by atoms with van der Waals surface area (Å²) in [5, 5.41) is 8.69. The van der Waals surface area contributed by atoms with Gasteiger partial charge in [-0.3, -0.25) is 0 Å². The molecule has 0 aliphatic rings. The fraction of sp³-hybridized carbons (Fsp3) is 0.310. The highest BCUT2D eigenvalue weighted by molar-refractivity contribution is 6.68. The number of alkyl halides is 4. The zero-order valence-electron chi connectivity index (χ0n) is 21.0. The number of hydrogen-bond acceptors (Lipinski definition) is 4. The lowest BCUT2D eigenvalue weighted by Crippen LogP contribution is -2.40. The summed E-state index contributed by atoms with van der Waals surface area (Å²) in [7, 11) is 0. The van der Waals surface area contributed by atoms with E-state index < -0.39 is 9.83 Å². The van der Waals surface area contributed by atoms with Crippen molar-refractivity contribution in [1.29, 1.82) is 0 Å². The van der Waals surface area contributed by atoms with Crippen molar-refractivity contribution in [2.24, 2.45) is 0 Å². The summed E-state index contributed by atoms with van der Waals surface area (Å²) in [6.45, 7) is 13.9. The maximum absolute atomic E-state index is 6.00. The van der Waals surface area contributed by atoms with Crippen LogP contribution in [0.5, 0.6) is 0 Å². The fourth-order valence-electron chi connectivity index (χ4n) is 4.07. The SMILES string of the molecule is C=C(c1ccc2ccoc2c1)C(CCCl)NCC.C=C(c1ccc2ccoc2c1)C(NCC)C(Cl)(Cl)Cl. The molecule has 2 aromatic heterocycles. The Bertz CT molecular complexity index is 1320. The Morgan fingerprint density at radius 2 is 1.32 bits per heavy atom. The smallest absolute Gasteiger partial charge is 0.209 e. The van der Waals surface area contributed by atoms with Gasteiger partial charge in [0, 0.05) is 22.7 Å². The Hall–Kier alpha value is -1.92. The van der Waals surface area contributed by atoms with Gasteiger partial charge in [-0.15, -0.1) is 11.6 Å². The molecule has 0 bridgehead atoms. The maximum Gasteiger partial charge on any atom is 0.209 e. The summed E-state index contributed by atoms with van der Waals surface area (Å²) in [4.78, 5) is 0. The van der Waals surface area contributed by atoms with E-state index in [0.717, 1.165) is 57.2 Å². The second-order valence-electron chi connectivity index (χ2n) is 8.52. The Labute approximate surface area is 238 Å². The molecule has 2 aromatic carbocycles. The second-order valence-corrected chi connectivity index (χ2v) is 11.3. The van der Waals surface area contributed by atoms with Crippen LogP contribution in [0.15, 0.2) is 83.0 Å². The first-order valence-electron chi connectivity index (χ1n) is 12.1. The van der Waals surface area contributed by atoms with E-state index in [1.54, 1.807) is 12.5 Å². The summed E-state index contributed by atoms with van der Waals surface area (Å²) in [6.07, 6.45) is 4.23. The largest absolute Gasteiger partial charge is 0.464 e. The molecule has 0 fully saturated rings. The Balaban J connectivity index is 0.000000206. The van der Waals surface area contributed by atoms with Gasteiger partial charge in [0.15, 0.2) is 0 Å². The van der Waals surface area contributed by atoms with E-state index in [-0.39, 0.29) is 6.04 Å². The molecule has 2 N–H and O–H groups in total. The van der Waals surface area contributed by atoms with Gasteiger partial charge in [-0.2, -0.15) is 0 Å². The topological polar surface area (TPSA) is 50.3 Å². The summed E-state index contributed by atoms with van der Waals surface area (Å²) < 4.78 is 9.34. The minimum absolute atomic E-state index is 0.222. The lowest BCUT2D eigenvalue weighted by Gasteiger charge is -2.27. The van der Waals surface area contributed by atoms with Crippen molar-refractivity contribution in [1.82, 2.24) is 10.6 Å². The van der Waals surface area contributed by atoms with Crippen LogP contribution in [0.3, 0.4) is 0 Å². The van der Waals surface area contributed by atoms with Crippen LogP contribution >= 0.6 is 46.4 Å². The van der Waals surface area contributed by atoms with E-state index >= 15 is 0 Å². The van der Waals surface area contributed by atoms with Gasteiger partial charge >= 0.3 is 0 Å². The van der Waals surface area contributed by atoms with E-state index in [2.05, 4.69) is 42.8 Å². The molecule has 4 aromatic rings. The molecule has 0 saturated heterocycles. The number of benzene rings is 2. The van der Waals surface area contributed by atoms with Gasteiger partial charge in [-0.1, -0.05) is 86.1 Å². The van der Waals surface area contributed by atoms with E-state index in [1.807, 2.05) is 43.3 Å². The zero-order chi connectivity index (χ0) is 27.0. The highest BCUT2D eigenvalue weighted by atomic mass is 35.6. The zero-order valence-corrected chi connectivity index (χ0v) is 24.0. The molecule has 2 unspecified atom stereocenters. The first kappa shape index (κ1) is 29.6. The molecular weight excluding hydrogens is 550 g/mol. The normalized spacial score (nSPS) is 13.2. The predicted octanol–water partition coefficient (Wildman–Crippen LogP) is 8.85. The molecule has 0 spiro atoms. The van der Waals surface area contributed by atoms with Crippen molar-refractivity contribution in [3.8, 4) is 0 Å². The molecule has 0 amide bonds. The van der Waals surface area contributed by atoms with E-state index in [0.29, 0.717) is 12.4 Å². The standard InChI is InChI=1S/C15H18ClNO.C14H14Cl3NO/c1-3-17-14(6-8-16)11(2)13-5-4-12-7-9-18-15(12)10-13;1-3-18-13(14(15,16)17)9(2)11-5-4-10-6-7-19-12(10)8-11/h4-5,7,9-10,14,17H,2-3,6,8H2,1H3;4-8,13,18H,2-3H2,1H3. The molecule has 0 aliphatic heterocycles. The number of halogens is 4. The molecule has 198 valence electrons. The van der Waals surface area contributed by atoms with Gasteiger partial charge in [0.25, 0.3) is 0 Å². The van der Waals surface area contributed by atoms with Crippen molar-refractivity contribution in [2.45, 2.75) is 36.1 Å². The third-order valence-corrected chi connectivity index (χ3v) is 6.88. The molecule has 0 aliphatic carbocycles. The number of rotatable bonds is 10. The van der Waals surface area contributed by atoms with Crippen LogP contribution in [0, 0.1) is 0 Å². The van der Waals surface area contributed by atoms with Gasteiger partial charge in [0.2, 0.25) is 3.79 Å². The van der Waals surface area contributed by atoms with Crippen LogP contribution in [0.25, 0.3) is 33.1 Å². The van der Waals surface area contributed by atoms with Crippen LogP contribution in [-0.2, 0) is 0 Å². The second kappa shape index (κ2) is 13.7. The first-order valence-corrected chi connectivity index (χ1v) is 13.8. The lowest BCUT2D eigenvalue weighted by molar-refractivity contribution is 0.611. The highest BCUT2D eigenvalue weighted by Gasteiger charge is 2.34. The van der Waals surface area contributed by atoms with Gasteiger partial charge in [-0.25, -0.2) is 0 Å². The van der Waals surface area contributed by atoms with Gasteiger partial charge in [-0.05, 0) is 66.0 Å². The molecule has 2 heterocycles. The number of furan rings is 2.